The first-order valence-electron chi connectivity index (χ1n) is 7.88. The number of amides is 2. The van der Waals surface area contributed by atoms with E-state index < -0.39 is 10.1 Å². The average Bonchev–Trinajstić information content (AvgIpc) is 2.53. The van der Waals surface area contributed by atoms with E-state index in [0.717, 1.165) is 12.0 Å². The lowest BCUT2D eigenvalue weighted by molar-refractivity contribution is 0.174. The maximum atomic E-state index is 12.2. The number of carbonyl (C=O) groups excluding carboxylic acids is 1. The summed E-state index contributed by atoms with van der Waals surface area (Å²) in [5.41, 5.74) is 0.915. The van der Waals surface area contributed by atoms with Crippen molar-refractivity contribution in [3.63, 3.8) is 0 Å². The topological polar surface area (TPSA) is 75.7 Å². The van der Waals surface area contributed by atoms with Crippen molar-refractivity contribution in [1.82, 2.24) is 10.2 Å². The lowest BCUT2D eigenvalue weighted by Crippen LogP contribution is -2.44. The summed E-state index contributed by atoms with van der Waals surface area (Å²) in [5, 5.41) is 2.81. The van der Waals surface area contributed by atoms with Crippen molar-refractivity contribution in [2.75, 3.05) is 12.3 Å². The first-order valence-corrected chi connectivity index (χ1v) is 9.46. The number of nitrogens with one attached hydrogen (secondary N) is 1. The highest BCUT2D eigenvalue weighted by Crippen LogP contribution is 2.17. The fourth-order valence-corrected chi connectivity index (χ4v) is 2.48. The maximum absolute atomic E-state index is 12.2. The molecule has 6 nitrogen and oxygen atoms in total. The van der Waals surface area contributed by atoms with Gasteiger partial charge in [-0.3, -0.25) is 0 Å². The monoisotopic (exact) mass is 342 g/mol. The number of hydrogen-bond acceptors (Lipinski definition) is 4. The number of benzene rings is 1. The summed E-state index contributed by atoms with van der Waals surface area (Å²) in [6.45, 7) is 8.48. The molecule has 23 heavy (non-hydrogen) atoms. The molecule has 0 bridgehead atoms. The van der Waals surface area contributed by atoms with Gasteiger partial charge in [-0.1, -0.05) is 19.1 Å². The van der Waals surface area contributed by atoms with E-state index in [1.54, 1.807) is 29.2 Å². The van der Waals surface area contributed by atoms with Gasteiger partial charge in [-0.2, -0.15) is 8.42 Å². The predicted octanol–water partition coefficient (Wildman–Crippen LogP) is 2.75. The molecule has 0 heterocycles. The van der Waals surface area contributed by atoms with Crippen molar-refractivity contribution in [2.24, 2.45) is 0 Å². The molecule has 0 spiro atoms. The Kier molecular flexibility index (Phi) is 7.35. The van der Waals surface area contributed by atoms with Crippen LogP contribution in [0.1, 0.15) is 39.7 Å². The summed E-state index contributed by atoms with van der Waals surface area (Å²) < 4.78 is 27.8. The van der Waals surface area contributed by atoms with Crippen molar-refractivity contribution >= 4 is 16.1 Å². The zero-order chi connectivity index (χ0) is 17.5. The van der Waals surface area contributed by atoms with E-state index in [4.69, 9.17) is 4.18 Å². The highest BCUT2D eigenvalue weighted by molar-refractivity contribution is 7.87. The van der Waals surface area contributed by atoms with Gasteiger partial charge < -0.3 is 14.4 Å². The van der Waals surface area contributed by atoms with Gasteiger partial charge in [-0.15, -0.1) is 0 Å². The van der Waals surface area contributed by atoms with Crippen LogP contribution in [-0.2, 0) is 16.7 Å². The molecule has 0 radical (unpaired) electrons. The van der Waals surface area contributed by atoms with Crippen LogP contribution >= 0.6 is 0 Å². The lowest BCUT2D eigenvalue weighted by Gasteiger charge is -2.28. The number of nitrogens with zero attached hydrogens (tertiary/aromatic N) is 1. The summed E-state index contributed by atoms with van der Waals surface area (Å²) in [6, 6.07) is 6.77. The molecule has 2 amide bonds. The third-order valence-electron chi connectivity index (χ3n) is 3.56. The molecule has 1 N–H and O–H groups in total. The van der Waals surface area contributed by atoms with Gasteiger partial charge >= 0.3 is 16.1 Å². The second-order valence-electron chi connectivity index (χ2n) is 5.29. The van der Waals surface area contributed by atoms with Crippen LogP contribution in [0, 0.1) is 0 Å². The first-order chi connectivity index (χ1) is 10.8. The van der Waals surface area contributed by atoms with E-state index >= 15 is 0 Å². The van der Waals surface area contributed by atoms with Crippen molar-refractivity contribution in [2.45, 2.75) is 46.7 Å². The molecule has 0 saturated heterocycles. The van der Waals surface area contributed by atoms with Crippen LogP contribution in [-0.4, -0.2) is 37.7 Å². The number of hydrogen-bond donors (Lipinski definition) is 1. The normalized spacial score (nSPS) is 12.5. The van der Waals surface area contributed by atoms with Crippen LogP contribution < -0.4 is 9.50 Å². The quantitative estimate of drug-likeness (QED) is 0.737. The smallest absolute Gasteiger partial charge is 0.317 e. The molecule has 0 aromatic heterocycles. The number of urea groups is 1. The SMILES string of the molecule is CCNC(=O)N(Cc1ccc(OS(=O)(=O)CC)cc1)[C@H](C)CC. The molecule has 1 aromatic rings. The molecule has 0 aliphatic rings. The summed E-state index contributed by atoms with van der Waals surface area (Å²) in [7, 11) is -3.52. The molecule has 0 saturated carbocycles. The van der Waals surface area contributed by atoms with Gasteiger partial charge in [0.25, 0.3) is 0 Å². The van der Waals surface area contributed by atoms with Gasteiger partial charge in [0.1, 0.15) is 5.75 Å². The molecular weight excluding hydrogens is 316 g/mol. The van der Waals surface area contributed by atoms with Crippen molar-refractivity contribution in [3.8, 4) is 5.75 Å². The molecule has 1 aromatic carbocycles. The van der Waals surface area contributed by atoms with Crippen molar-refractivity contribution < 1.29 is 17.4 Å². The van der Waals surface area contributed by atoms with E-state index in [2.05, 4.69) is 5.32 Å². The molecule has 1 atom stereocenters. The van der Waals surface area contributed by atoms with Gasteiger partial charge in [0, 0.05) is 19.1 Å². The summed E-state index contributed by atoms with van der Waals surface area (Å²) >= 11 is 0. The van der Waals surface area contributed by atoms with E-state index in [1.807, 2.05) is 20.8 Å². The number of rotatable bonds is 8. The van der Waals surface area contributed by atoms with Crippen molar-refractivity contribution in [1.29, 1.82) is 0 Å². The molecule has 0 fully saturated rings. The Morgan fingerprint density at radius 2 is 1.83 bits per heavy atom. The van der Waals surface area contributed by atoms with Gasteiger partial charge in [0.05, 0.1) is 5.75 Å². The molecule has 1 rings (SSSR count). The zero-order valence-corrected chi connectivity index (χ0v) is 15.0. The minimum atomic E-state index is -3.52. The minimum Gasteiger partial charge on any atom is -0.382 e. The first kappa shape index (κ1) is 19.3. The highest BCUT2D eigenvalue weighted by atomic mass is 32.2. The predicted molar refractivity (Wildman–Crippen MR) is 90.9 cm³/mol. The molecule has 7 heteroatoms. The van der Waals surface area contributed by atoms with Crippen LogP contribution in [0.2, 0.25) is 0 Å². The molecular formula is C16H26N2O4S. The van der Waals surface area contributed by atoms with E-state index in [-0.39, 0.29) is 23.6 Å². The summed E-state index contributed by atoms with van der Waals surface area (Å²) in [4.78, 5) is 13.9. The molecule has 0 aliphatic heterocycles. The Hall–Kier alpha value is -1.76. The Morgan fingerprint density at radius 3 is 2.30 bits per heavy atom. The fourth-order valence-electron chi connectivity index (χ4n) is 1.95. The van der Waals surface area contributed by atoms with Crippen LogP contribution in [0.15, 0.2) is 24.3 Å². The van der Waals surface area contributed by atoms with Crippen LogP contribution in [0.5, 0.6) is 5.75 Å². The van der Waals surface area contributed by atoms with Crippen molar-refractivity contribution in [3.05, 3.63) is 29.8 Å². The Bertz CT molecular complexity index is 599. The Balaban J connectivity index is 2.83. The molecule has 0 aliphatic carbocycles. The highest BCUT2D eigenvalue weighted by Gasteiger charge is 2.18. The maximum Gasteiger partial charge on any atom is 0.317 e. The second-order valence-corrected chi connectivity index (χ2v) is 7.15. The Morgan fingerprint density at radius 1 is 1.22 bits per heavy atom. The lowest BCUT2D eigenvalue weighted by atomic mass is 10.1. The molecule has 0 unspecified atom stereocenters. The fraction of sp³-hybridized carbons (Fsp3) is 0.562. The third kappa shape index (κ3) is 6.09. The Labute approximate surface area is 138 Å². The van der Waals surface area contributed by atoms with Crippen LogP contribution in [0.3, 0.4) is 0 Å². The van der Waals surface area contributed by atoms with Gasteiger partial charge in [-0.25, -0.2) is 4.79 Å². The number of carbonyl (C=O) groups is 1. The van der Waals surface area contributed by atoms with E-state index in [1.165, 1.54) is 6.92 Å². The second kappa shape index (κ2) is 8.76. The largest absolute Gasteiger partial charge is 0.382 e. The summed E-state index contributed by atoms with van der Waals surface area (Å²) in [6.07, 6.45) is 0.854. The van der Waals surface area contributed by atoms with Gasteiger partial charge in [0.2, 0.25) is 0 Å². The zero-order valence-electron chi connectivity index (χ0n) is 14.2. The van der Waals surface area contributed by atoms with Gasteiger partial charge in [-0.05, 0) is 44.9 Å². The van der Waals surface area contributed by atoms with Gasteiger partial charge in [0.15, 0.2) is 0 Å². The van der Waals surface area contributed by atoms with Crippen LogP contribution in [0.25, 0.3) is 0 Å². The molecule has 130 valence electrons. The van der Waals surface area contributed by atoms with Crippen LogP contribution in [0.4, 0.5) is 4.79 Å². The summed E-state index contributed by atoms with van der Waals surface area (Å²) in [5.74, 6) is 0.206. The van der Waals surface area contributed by atoms with E-state index in [0.29, 0.717) is 13.1 Å². The average molecular weight is 342 g/mol. The minimum absolute atomic E-state index is 0.0757. The standard InChI is InChI=1S/C16H26N2O4S/c1-5-13(4)18(16(19)17-6-2)12-14-8-10-15(11-9-14)22-23(20,21)7-3/h8-11,13H,5-7,12H2,1-4H3,(H,17,19)/t13-/m1/s1. The third-order valence-corrected chi connectivity index (χ3v) is 4.72. The van der Waals surface area contributed by atoms with E-state index in [9.17, 15) is 13.2 Å².